The number of fused-ring (bicyclic) bond motifs is 1. The Kier molecular flexibility index (Phi) is 5.12. The highest BCUT2D eigenvalue weighted by molar-refractivity contribution is 5.89. The monoisotopic (exact) mass is 392 g/mol. The molecule has 148 valence electrons. The first kappa shape index (κ1) is 18.9. The van der Waals surface area contributed by atoms with Gasteiger partial charge in [0.25, 0.3) is 5.56 Å². The third-order valence-corrected chi connectivity index (χ3v) is 4.97. The van der Waals surface area contributed by atoms with Crippen LogP contribution in [-0.2, 0) is 19.4 Å². The smallest absolute Gasteiger partial charge is 0.320 e. The number of hydrogen-bond acceptors (Lipinski definition) is 3. The number of rotatable bonds is 3. The van der Waals surface area contributed by atoms with E-state index in [-0.39, 0.29) is 24.0 Å². The molecule has 0 aliphatic carbocycles. The van der Waals surface area contributed by atoms with Crippen LogP contribution in [0.15, 0.2) is 53.3 Å². The summed E-state index contributed by atoms with van der Waals surface area (Å²) in [4.78, 5) is 34.1. The molecule has 2 heterocycles. The highest BCUT2D eigenvalue weighted by Gasteiger charge is 2.24. The summed E-state index contributed by atoms with van der Waals surface area (Å²) in [6.07, 6.45) is 0.842. The second kappa shape index (κ2) is 7.87. The summed E-state index contributed by atoms with van der Waals surface area (Å²) in [7, 11) is 0. The van der Waals surface area contributed by atoms with Gasteiger partial charge in [-0.05, 0) is 36.8 Å². The number of hydrogen-bond donors (Lipinski definition) is 2. The Balaban J connectivity index is 1.48. The SMILES string of the molecule is Cc1ccc(NC(=O)N2CCc3nc(Cc4cccc(F)c4)[nH]c(=O)c3C2)cc1. The van der Waals surface area contributed by atoms with Gasteiger partial charge >= 0.3 is 6.03 Å². The number of halogens is 1. The maximum absolute atomic E-state index is 13.4. The third-order valence-electron chi connectivity index (χ3n) is 4.97. The van der Waals surface area contributed by atoms with Gasteiger partial charge in [0.1, 0.15) is 11.6 Å². The number of urea groups is 1. The number of carbonyl (C=O) groups is 1. The molecule has 7 heteroatoms. The Morgan fingerprint density at radius 1 is 1.24 bits per heavy atom. The van der Waals surface area contributed by atoms with Crippen LogP contribution < -0.4 is 10.9 Å². The summed E-state index contributed by atoms with van der Waals surface area (Å²) < 4.78 is 13.4. The summed E-state index contributed by atoms with van der Waals surface area (Å²) in [6.45, 7) is 2.66. The fourth-order valence-electron chi connectivity index (χ4n) is 3.41. The number of amides is 2. The lowest BCUT2D eigenvalue weighted by molar-refractivity contribution is 0.205. The van der Waals surface area contributed by atoms with E-state index in [1.54, 1.807) is 17.0 Å². The summed E-state index contributed by atoms with van der Waals surface area (Å²) >= 11 is 0. The van der Waals surface area contributed by atoms with Crippen LogP contribution in [0.4, 0.5) is 14.9 Å². The molecule has 3 aromatic rings. The predicted octanol–water partition coefficient (Wildman–Crippen LogP) is 3.40. The largest absolute Gasteiger partial charge is 0.322 e. The topological polar surface area (TPSA) is 78.1 Å². The average Bonchev–Trinajstić information content (AvgIpc) is 2.69. The van der Waals surface area contributed by atoms with E-state index >= 15 is 0 Å². The second-order valence-electron chi connectivity index (χ2n) is 7.21. The third kappa shape index (κ3) is 4.34. The number of aryl methyl sites for hydroxylation is 1. The molecule has 0 saturated heterocycles. The minimum Gasteiger partial charge on any atom is -0.320 e. The minimum absolute atomic E-state index is 0.204. The molecule has 2 N–H and O–H groups in total. The number of nitrogens with zero attached hydrogens (tertiary/aromatic N) is 2. The first-order valence-corrected chi connectivity index (χ1v) is 9.46. The molecule has 6 nitrogen and oxygen atoms in total. The molecule has 0 spiro atoms. The number of nitrogens with one attached hydrogen (secondary N) is 2. The Hall–Kier alpha value is -3.48. The average molecular weight is 392 g/mol. The number of H-pyrrole nitrogens is 1. The van der Waals surface area contributed by atoms with Gasteiger partial charge in [-0.3, -0.25) is 4.79 Å². The lowest BCUT2D eigenvalue weighted by Crippen LogP contribution is -2.42. The molecule has 1 aliphatic rings. The lowest BCUT2D eigenvalue weighted by Gasteiger charge is -2.28. The highest BCUT2D eigenvalue weighted by Crippen LogP contribution is 2.17. The van der Waals surface area contributed by atoms with Gasteiger partial charge < -0.3 is 15.2 Å². The zero-order chi connectivity index (χ0) is 20.4. The van der Waals surface area contributed by atoms with Crippen molar-refractivity contribution in [3.8, 4) is 0 Å². The Morgan fingerprint density at radius 3 is 2.79 bits per heavy atom. The van der Waals surface area contributed by atoms with Crippen LogP contribution in [0.25, 0.3) is 0 Å². The van der Waals surface area contributed by atoms with Crippen LogP contribution in [0.1, 0.15) is 28.2 Å². The Morgan fingerprint density at radius 2 is 2.03 bits per heavy atom. The van der Waals surface area contributed by atoms with Crippen LogP contribution in [0.2, 0.25) is 0 Å². The van der Waals surface area contributed by atoms with Crippen molar-refractivity contribution >= 4 is 11.7 Å². The fraction of sp³-hybridized carbons (Fsp3) is 0.227. The number of benzene rings is 2. The van der Waals surface area contributed by atoms with Gasteiger partial charge in [0, 0.05) is 25.1 Å². The molecule has 2 amide bonds. The molecule has 0 radical (unpaired) electrons. The molecular weight excluding hydrogens is 371 g/mol. The molecule has 1 aliphatic heterocycles. The molecular formula is C22H21FN4O2. The van der Waals surface area contributed by atoms with Gasteiger partial charge in [-0.25, -0.2) is 14.2 Å². The van der Waals surface area contributed by atoms with Gasteiger partial charge in [0.2, 0.25) is 0 Å². The van der Waals surface area contributed by atoms with Gasteiger partial charge in [-0.1, -0.05) is 29.8 Å². The van der Waals surface area contributed by atoms with E-state index < -0.39 is 0 Å². The maximum Gasteiger partial charge on any atom is 0.322 e. The van der Waals surface area contributed by atoms with Crippen molar-refractivity contribution in [2.24, 2.45) is 0 Å². The van der Waals surface area contributed by atoms with Crippen molar-refractivity contribution in [2.75, 3.05) is 11.9 Å². The van der Waals surface area contributed by atoms with Gasteiger partial charge in [0.05, 0.1) is 17.8 Å². The Bertz CT molecular complexity index is 1110. The molecule has 2 aromatic carbocycles. The molecule has 0 unspecified atom stereocenters. The number of aromatic amines is 1. The zero-order valence-electron chi connectivity index (χ0n) is 16.0. The van der Waals surface area contributed by atoms with Gasteiger partial charge in [-0.15, -0.1) is 0 Å². The summed E-state index contributed by atoms with van der Waals surface area (Å²) in [6, 6.07) is 13.5. The van der Waals surface area contributed by atoms with Crippen molar-refractivity contribution in [1.29, 1.82) is 0 Å². The molecule has 29 heavy (non-hydrogen) atoms. The van der Waals surface area contributed by atoms with Crippen molar-refractivity contribution < 1.29 is 9.18 Å². The summed E-state index contributed by atoms with van der Waals surface area (Å²) in [5, 5.41) is 2.86. The number of carbonyl (C=O) groups excluding carboxylic acids is 1. The van der Waals surface area contributed by atoms with E-state index in [1.165, 1.54) is 12.1 Å². The number of anilines is 1. The quantitative estimate of drug-likeness (QED) is 0.717. The van der Waals surface area contributed by atoms with Crippen molar-refractivity contribution in [2.45, 2.75) is 26.3 Å². The van der Waals surface area contributed by atoms with E-state index in [0.29, 0.717) is 42.2 Å². The first-order chi connectivity index (χ1) is 14.0. The zero-order valence-corrected chi connectivity index (χ0v) is 16.0. The van der Waals surface area contributed by atoms with E-state index in [4.69, 9.17) is 0 Å². The van der Waals surface area contributed by atoms with Crippen LogP contribution in [-0.4, -0.2) is 27.4 Å². The van der Waals surface area contributed by atoms with E-state index in [1.807, 2.05) is 31.2 Å². The fourth-order valence-corrected chi connectivity index (χ4v) is 3.41. The predicted molar refractivity (Wildman–Crippen MR) is 108 cm³/mol. The Labute approximate surface area is 167 Å². The normalized spacial score (nSPS) is 13.1. The molecule has 0 fully saturated rings. The summed E-state index contributed by atoms with van der Waals surface area (Å²) in [5.41, 5.74) is 3.50. The van der Waals surface area contributed by atoms with Crippen LogP contribution >= 0.6 is 0 Å². The van der Waals surface area contributed by atoms with E-state index in [9.17, 15) is 14.0 Å². The van der Waals surface area contributed by atoms with Gasteiger partial charge in [0.15, 0.2) is 0 Å². The van der Waals surface area contributed by atoms with Crippen molar-refractivity contribution in [1.82, 2.24) is 14.9 Å². The second-order valence-corrected chi connectivity index (χ2v) is 7.21. The standard InChI is InChI=1S/C22H21FN4O2/c1-14-5-7-17(8-6-14)24-22(29)27-10-9-19-18(13-27)21(28)26-20(25-19)12-15-3-2-4-16(23)11-15/h2-8,11H,9-10,12-13H2,1H3,(H,24,29)(H,25,26,28). The van der Waals surface area contributed by atoms with Gasteiger partial charge in [-0.2, -0.15) is 0 Å². The number of aromatic nitrogens is 2. The maximum atomic E-state index is 13.4. The minimum atomic E-state index is -0.321. The van der Waals surface area contributed by atoms with Crippen molar-refractivity contribution in [3.63, 3.8) is 0 Å². The molecule has 0 bridgehead atoms. The first-order valence-electron chi connectivity index (χ1n) is 9.46. The molecule has 0 saturated carbocycles. The van der Waals surface area contributed by atoms with Crippen LogP contribution in [0.5, 0.6) is 0 Å². The van der Waals surface area contributed by atoms with E-state index in [0.717, 1.165) is 11.1 Å². The molecule has 1 aromatic heterocycles. The molecule has 0 atom stereocenters. The molecule has 4 rings (SSSR count). The van der Waals surface area contributed by atoms with Crippen LogP contribution in [0, 0.1) is 12.7 Å². The highest BCUT2D eigenvalue weighted by atomic mass is 19.1. The summed E-state index contributed by atoms with van der Waals surface area (Å²) in [5.74, 6) is 0.176. The van der Waals surface area contributed by atoms with Crippen LogP contribution in [0.3, 0.4) is 0 Å². The van der Waals surface area contributed by atoms with Crippen molar-refractivity contribution in [3.05, 3.63) is 92.9 Å². The van der Waals surface area contributed by atoms with E-state index in [2.05, 4.69) is 15.3 Å². The lowest BCUT2D eigenvalue weighted by atomic mass is 10.1.